The molecule has 18 heavy (non-hydrogen) atoms. The molecule has 0 saturated carbocycles. The van der Waals surface area contributed by atoms with Crippen molar-refractivity contribution in [2.45, 2.75) is 39.3 Å². The fourth-order valence-electron chi connectivity index (χ4n) is 2.21. The van der Waals surface area contributed by atoms with Crippen LogP contribution in [0.4, 0.5) is 11.4 Å². The lowest BCUT2D eigenvalue weighted by Gasteiger charge is -2.26. The quantitative estimate of drug-likeness (QED) is 0.479. The molecule has 1 rings (SSSR count). The van der Waals surface area contributed by atoms with Crippen LogP contribution in [0, 0.1) is 10.1 Å². The van der Waals surface area contributed by atoms with Crippen molar-refractivity contribution < 1.29 is 4.92 Å². The van der Waals surface area contributed by atoms with Crippen LogP contribution in [-0.4, -0.2) is 22.9 Å². The molecule has 0 amide bonds. The Morgan fingerprint density at radius 2 is 2.00 bits per heavy atom. The van der Waals surface area contributed by atoms with Gasteiger partial charge < -0.3 is 5.73 Å². The normalized spacial score (nSPS) is 11.2. The Morgan fingerprint density at radius 1 is 1.39 bits per heavy atom. The summed E-state index contributed by atoms with van der Waals surface area (Å²) in [6.07, 6.45) is 2.11. The lowest BCUT2D eigenvalue weighted by Crippen LogP contribution is -2.30. The monoisotopic (exact) mass is 251 g/mol. The summed E-state index contributed by atoms with van der Waals surface area (Å²) in [4.78, 5) is 12.6. The van der Waals surface area contributed by atoms with Gasteiger partial charge in [-0.2, -0.15) is 0 Å². The van der Waals surface area contributed by atoms with Gasteiger partial charge in [-0.05, 0) is 25.5 Å². The zero-order valence-electron chi connectivity index (χ0n) is 11.2. The highest BCUT2D eigenvalue weighted by Gasteiger charge is 2.17. The number of anilines is 1. The fraction of sp³-hybridized carbons (Fsp3) is 0.538. The molecule has 100 valence electrons. The average molecular weight is 251 g/mol. The molecular weight excluding hydrogens is 230 g/mol. The molecule has 5 heteroatoms. The van der Waals surface area contributed by atoms with Crippen LogP contribution in [0.5, 0.6) is 0 Å². The molecule has 0 bridgehead atoms. The Hall–Kier alpha value is -1.62. The summed E-state index contributed by atoms with van der Waals surface area (Å²) in [6.45, 7) is 4.92. The molecule has 0 unspecified atom stereocenters. The van der Waals surface area contributed by atoms with Gasteiger partial charge in [-0.1, -0.05) is 26.0 Å². The third-order valence-corrected chi connectivity index (χ3v) is 3.36. The van der Waals surface area contributed by atoms with Crippen LogP contribution < -0.4 is 5.73 Å². The van der Waals surface area contributed by atoms with Crippen molar-refractivity contribution in [3.8, 4) is 0 Å². The van der Waals surface area contributed by atoms with Crippen molar-refractivity contribution in [3.05, 3.63) is 33.9 Å². The molecular formula is C13H21N3O2. The highest BCUT2D eigenvalue weighted by molar-refractivity contribution is 5.62. The smallest absolute Gasteiger partial charge is 0.292 e. The van der Waals surface area contributed by atoms with Gasteiger partial charge in [0.1, 0.15) is 5.69 Å². The molecule has 1 aromatic carbocycles. The predicted molar refractivity (Wildman–Crippen MR) is 73.3 cm³/mol. The molecule has 0 aliphatic heterocycles. The molecule has 0 spiro atoms. The fourth-order valence-corrected chi connectivity index (χ4v) is 2.21. The van der Waals surface area contributed by atoms with Gasteiger partial charge in [-0.15, -0.1) is 0 Å². The van der Waals surface area contributed by atoms with Crippen molar-refractivity contribution in [2.24, 2.45) is 0 Å². The lowest BCUT2D eigenvalue weighted by atomic mass is 10.1. The van der Waals surface area contributed by atoms with Gasteiger partial charge in [0.25, 0.3) is 5.69 Å². The maximum atomic E-state index is 10.8. The van der Waals surface area contributed by atoms with E-state index in [1.165, 1.54) is 6.07 Å². The number of hydrogen-bond acceptors (Lipinski definition) is 4. The van der Waals surface area contributed by atoms with Crippen LogP contribution >= 0.6 is 0 Å². The van der Waals surface area contributed by atoms with E-state index in [-0.39, 0.29) is 11.4 Å². The Labute approximate surface area is 108 Å². The maximum absolute atomic E-state index is 10.8. The van der Waals surface area contributed by atoms with Crippen LogP contribution in [0.2, 0.25) is 0 Å². The van der Waals surface area contributed by atoms with Gasteiger partial charge in [0.2, 0.25) is 0 Å². The van der Waals surface area contributed by atoms with E-state index in [4.69, 9.17) is 5.73 Å². The minimum absolute atomic E-state index is 0.00885. The van der Waals surface area contributed by atoms with Crippen molar-refractivity contribution in [2.75, 3.05) is 12.8 Å². The lowest BCUT2D eigenvalue weighted by molar-refractivity contribution is -0.384. The van der Waals surface area contributed by atoms with Crippen LogP contribution in [0.15, 0.2) is 18.2 Å². The van der Waals surface area contributed by atoms with E-state index in [1.807, 2.05) is 13.1 Å². The largest absolute Gasteiger partial charge is 0.393 e. The summed E-state index contributed by atoms with van der Waals surface area (Å²) < 4.78 is 0. The van der Waals surface area contributed by atoms with Gasteiger partial charge in [0.15, 0.2) is 0 Å². The van der Waals surface area contributed by atoms with Gasteiger partial charge in [-0.25, -0.2) is 0 Å². The van der Waals surface area contributed by atoms with E-state index >= 15 is 0 Å². The molecule has 0 aliphatic rings. The zero-order valence-corrected chi connectivity index (χ0v) is 11.2. The molecule has 0 saturated heterocycles. The number of nitrogen functional groups attached to an aromatic ring is 1. The SMILES string of the molecule is CCC(CC)N(C)Cc1cccc([N+](=O)[O-])c1N. The standard InChI is InChI=1S/C13H21N3O2/c1-4-11(5-2)15(3)9-10-7-6-8-12(13(10)14)16(17)18/h6-8,11H,4-5,9,14H2,1-3H3. The van der Waals surface area contributed by atoms with Crippen LogP contribution in [0.25, 0.3) is 0 Å². The first-order chi connectivity index (χ1) is 8.51. The second-order valence-corrected chi connectivity index (χ2v) is 4.49. The molecule has 0 aromatic heterocycles. The van der Waals surface area contributed by atoms with Crippen molar-refractivity contribution >= 4 is 11.4 Å². The summed E-state index contributed by atoms with van der Waals surface area (Å²) >= 11 is 0. The highest BCUT2D eigenvalue weighted by Crippen LogP contribution is 2.26. The summed E-state index contributed by atoms with van der Waals surface area (Å²) in [7, 11) is 2.02. The second kappa shape index (κ2) is 6.35. The van der Waals surface area contributed by atoms with Crippen molar-refractivity contribution in [1.82, 2.24) is 4.90 Å². The van der Waals surface area contributed by atoms with Crippen LogP contribution in [-0.2, 0) is 6.54 Å². The summed E-state index contributed by atoms with van der Waals surface area (Å²) in [5, 5.41) is 10.8. The van der Waals surface area contributed by atoms with E-state index < -0.39 is 4.92 Å². The van der Waals surface area contributed by atoms with Gasteiger partial charge >= 0.3 is 0 Å². The zero-order chi connectivity index (χ0) is 13.7. The topological polar surface area (TPSA) is 72.4 Å². The first kappa shape index (κ1) is 14.4. The molecule has 2 N–H and O–H groups in total. The van der Waals surface area contributed by atoms with Crippen molar-refractivity contribution in [1.29, 1.82) is 0 Å². The average Bonchev–Trinajstić information content (AvgIpc) is 2.33. The van der Waals surface area contributed by atoms with Crippen LogP contribution in [0.3, 0.4) is 0 Å². The second-order valence-electron chi connectivity index (χ2n) is 4.49. The van der Waals surface area contributed by atoms with Gasteiger partial charge in [-0.3, -0.25) is 15.0 Å². The number of para-hydroxylation sites is 1. The minimum atomic E-state index is -0.435. The van der Waals surface area contributed by atoms with Gasteiger partial charge in [0, 0.05) is 18.7 Å². The highest BCUT2D eigenvalue weighted by atomic mass is 16.6. The summed E-state index contributed by atoms with van der Waals surface area (Å²) in [5.41, 5.74) is 6.93. The van der Waals surface area contributed by atoms with E-state index in [1.54, 1.807) is 6.07 Å². The Balaban J connectivity index is 2.91. The molecule has 5 nitrogen and oxygen atoms in total. The molecule has 0 heterocycles. The van der Waals surface area contributed by atoms with Gasteiger partial charge in [0.05, 0.1) is 4.92 Å². The molecule has 0 atom stereocenters. The third-order valence-electron chi connectivity index (χ3n) is 3.36. The number of hydrogen-bond donors (Lipinski definition) is 1. The first-order valence-electron chi connectivity index (χ1n) is 6.23. The number of nitrogens with zero attached hydrogens (tertiary/aromatic N) is 2. The molecule has 0 aliphatic carbocycles. The molecule has 0 fully saturated rings. The van der Waals surface area contributed by atoms with Crippen molar-refractivity contribution in [3.63, 3.8) is 0 Å². The first-order valence-corrected chi connectivity index (χ1v) is 6.23. The number of nitro benzene ring substituents is 1. The maximum Gasteiger partial charge on any atom is 0.292 e. The summed E-state index contributed by atoms with van der Waals surface area (Å²) in [5.74, 6) is 0. The molecule has 1 aromatic rings. The number of benzene rings is 1. The van der Waals surface area contributed by atoms with E-state index in [2.05, 4.69) is 18.7 Å². The Kier molecular flexibility index (Phi) is 5.09. The number of rotatable bonds is 6. The Bertz CT molecular complexity index is 417. The number of nitro groups is 1. The van der Waals surface area contributed by atoms with Crippen LogP contribution in [0.1, 0.15) is 32.3 Å². The minimum Gasteiger partial charge on any atom is -0.393 e. The summed E-state index contributed by atoms with van der Waals surface area (Å²) in [6, 6.07) is 5.45. The molecule has 0 radical (unpaired) electrons. The van der Waals surface area contributed by atoms with E-state index in [0.29, 0.717) is 12.6 Å². The third kappa shape index (κ3) is 3.20. The number of nitrogens with two attached hydrogens (primary N) is 1. The van der Waals surface area contributed by atoms with E-state index in [9.17, 15) is 10.1 Å². The predicted octanol–water partition coefficient (Wildman–Crippen LogP) is 2.80. The Morgan fingerprint density at radius 3 is 2.50 bits per heavy atom. The van der Waals surface area contributed by atoms with E-state index in [0.717, 1.165) is 18.4 Å².